The van der Waals surface area contributed by atoms with Crippen LogP contribution in [0.25, 0.3) is 0 Å². The Morgan fingerprint density at radius 1 is 0.636 bits per heavy atom. The molecule has 0 aromatic rings. The normalized spacial score (nSPS) is 10.5. The van der Waals surface area contributed by atoms with Crippen molar-refractivity contribution < 1.29 is 59.1 Å². The molecule has 11 heavy (non-hydrogen) atoms. The molecule has 0 bridgehead atoms. The summed E-state index contributed by atoms with van der Waals surface area (Å²) < 4.78 is 63.8. The molecular formula is H5Cr2KO8. The molecule has 0 atom stereocenters. The van der Waals surface area contributed by atoms with Crippen LogP contribution < -0.4 is 0 Å². The molecule has 0 rings (SSSR count). The van der Waals surface area contributed by atoms with Gasteiger partial charge in [0.1, 0.15) is 0 Å². The summed E-state index contributed by atoms with van der Waals surface area (Å²) in [6, 6.07) is 0. The molecule has 0 saturated carbocycles. The Bertz CT molecular complexity index is 208. The third kappa shape index (κ3) is 367. The summed E-state index contributed by atoms with van der Waals surface area (Å²) in [5.41, 5.74) is 0. The molecule has 8 nitrogen and oxygen atoms in total. The van der Waals surface area contributed by atoms with Gasteiger partial charge in [0, 0.05) is 0 Å². The van der Waals surface area contributed by atoms with Gasteiger partial charge in [-0.25, -0.2) is 0 Å². The predicted molar refractivity (Wildman–Crippen MR) is 18.8 cm³/mol. The van der Waals surface area contributed by atoms with Crippen LogP contribution in [0.5, 0.6) is 0 Å². The fourth-order valence-electron chi connectivity index (χ4n) is 0. The van der Waals surface area contributed by atoms with Gasteiger partial charge in [0.2, 0.25) is 0 Å². The maximum absolute atomic E-state index is 8.82. The van der Waals surface area contributed by atoms with E-state index >= 15 is 0 Å². The van der Waals surface area contributed by atoms with Gasteiger partial charge in [-0.1, -0.05) is 0 Å². The summed E-state index contributed by atoms with van der Waals surface area (Å²) >= 11 is -10.5. The second kappa shape index (κ2) is 7.17. The first-order valence-electron chi connectivity index (χ1n) is 1.40. The summed E-state index contributed by atoms with van der Waals surface area (Å²) in [6.07, 6.45) is 0. The first-order valence-corrected chi connectivity index (χ1v) is 5.76. The van der Waals surface area contributed by atoms with Crippen molar-refractivity contribution >= 4 is 51.4 Å². The number of hydrogen-bond donors (Lipinski definition) is 4. The zero-order chi connectivity index (χ0) is 9.00. The third-order valence-electron chi connectivity index (χ3n) is 0. The Morgan fingerprint density at radius 3 is 0.636 bits per heavy atom. The van der Waals surface area contributed by atoms with Gasteiger partial charge in [-0.15, -0.1) is 0 Å². The van der Waals surface area contributed by atoms with Crippen LogP contribution in [0.4, 0.5) is 0 Å². The summed E-state index contributed by atoms with van der Waals surface area (Å²) in [6.45, 7) is 0. The van der Waals surface area contributed by atoms with Crippen molar-refractivity contribution in [3.05, 3.63) is 0 Å². The van der Waals surface area contributed by atoms with Crippen LogP contribution in [0.2, 0.25) is 0 Å². The Labute approximate surface area is 108 Å². The van der Waals surface area contributed by atoms with Crippen LogP contribution in [0.15, 0.2) is 0 Å². The average molecular weight is 276 g/mol. The second-order valence-corrected chi connectivity index (χ2v) is 3.69. The molecule has 0 amide bonds. The molecule has 0 aliphatic carbocycles. The van der Waals surface area contributed by atoms with Gasteiger partial charge in [0.25, 0.3) is 0 Å². The molecular weight excluding hydrogens is 271 g/mol. The van der Waals surface area contributed by atoms with Crippen LogP contribution >= 0.6 is 0 Å². The average Bonchev–Trinajstić information content (AvgIpc) is 1.12. The number of hydrogen-bond acceptors (Lipinski definition) is 4. The third-order valence-corrected chi connectivity index (χ3v) is 0. The number of rotatable bonds is 0. The topological polar surface area (TPSA) is 149 Å². The second-order valence-electron chi connectivity index (χ2n) is 0.896. The Morgan fingerprint density at radius 2 is 0.636 bits per heavy atom. The van der Waals surface area contributed by atoms with Crippen molar-refractivity contribution in [2.75, 3.05) is 0 Å². The van der Waals surface area contributed by atoms with Gasteiger partial charge < -0.3 is 0 Å². The zero-order valence-electron chi connectivity index (χ0n) is 4.24. The Hall–Kier alpha value is 1.74. The monoisotopic (exact) mass is 276 g/mol. The van der Waals surface area contributed by atoms with Gasteiger partial charge >= 0.3 is 110 Å². The van der Waals surface area contributed by atoms with Crippen molar-refractivity contribution in [3.8, 4) is 0 Å². The van der Waals surface area contributed by atoms with Crippen molar-refractivity contribution in [2.24, 2.45) is 0 Å². The van der Waals surface area contributed by atoms with E-state index in [4.69, 9.17) is 31.8 Å². The molecule has 0 unspecified atom stereocenters. The molecule has 0 radical (unpaired) electrons. The van der Waals surface area contributed by atoms with Crippen molar-refractivity contribution in [3.63, 3.8) is 0 Å². The van der Waals surface area contributed by atoms with Gasteiger partial charge in [-0.2, -0.15) is 0 Å². The SMILES string of the molecule is [KH].[O]=[Cr](=[O])([OH])[OH].[O]=[Cr](=[O])([OH])[OH]. The van der Waals surface area contributed by atoms with E-state index in [1.165, 1.54) is 0 Å². The minimum atomic E-state index is -5.25. The Kier molecular flexibility index (Phi) is 12.1. The first-order chi connectivity index (χ1) is 4.00. The molecule has 0 heterocycles. The van der Waals surface area contributed by atoms with E-state index in [1.54, 1.807) is 0 Å². The summed E-state index contributed by atoms with van der Waals surface area (Å²) in [4.78, 5) is 0. The zero-order valence-corrected chi connectivity index (χ0v) is 6.79. The molecule has 0 saturated heterocycles. The van der Waals surface area contributed by atoms with E-state index in [0.717, 1.165) is 0 Å². The van der Waals surface area contributed by atoms with E-state index in [0.29, 0.717) is 0 Å². The molecule has 66 valence electrons. The first kappa shape index (κ1) is 18.5. The predicted octanol–water partition coefficient (Wildman–Crippen LogP) is -3.36. The van der Waals surface area contributed by atoms with Gasteiger partial charge in [0.05, 0.1) is 0 Å². The molecule has 0 spiro atoms. The van der Waals surface area contributed by atoms with Crippen molar-refractivity contribution in [2.45, 2.75) is 0 Å². The molecule has 0 aliphatic heterocycles. The van der Waals surface area contributed by atoms with Gasteiger partial charge in [-0.05, 0) is 0 Å². The van der Waals surface area contributed by atoms with Crippen molar-refractivity contribution in [1.29, 1.82) is 0 Å². The van der Waals surface area contributed by atoms with E-state index in [9.17, 15) is 0 Å². The van der Waals surface area contributed by atoms with Crippen LogP contribution in [-0.4, -0.2) is 68.0 Å². The summed E-state index contributed by atoms with van der Waals surface area (Å²) in [7, 11) is 0. The van der Waals surface area contributed by atoms with Crippen LogP contribution in [0, 0.1) is 0 Å². The molecule has 0 aliphatic rings. The summed E-state index contributed by atoms with van der Waals surface area (Å²) in [5.74, 6) is 0. The van der Waals surface area contributed by atoms with Gasteiger partial charge in [-0.3, -0.25) is 0 Å². The van der Waals surface area contributed by atoms with E-state index < -0.39 is 27.2 Å². The van der Waals surface area contributed by atoms with E-state index in [2.05, 4.69) is 0 Å². The van der Waals surface area contributed by atoms with Crippen molar-refractivity contribution in [1.82, 2.24) is 0 Å². The van der Waals surface area contributed by atoms with Crippen LogP contribution in [-0.2, 0) is 42.4 Å². The van der Waals surface area contributed by atoms with Gasteiger partial charge in [0.15, 0.2) is 0 Å². The van der Waals surface area contributed by atoms with E-state index in [1.807, 2.05) is 0 Å². The fraction of sp³-hybridized carbons (Fsp3) is 0. The quantitative estimate of drug-likeness (QED) is 0.335. The minimum absolute atomic E-state index is 0. The van der Waals surface area contributed by atoms with E-state index in [-0.39, 0.29) is 51.4 Å². The maximum atomic E-state index is 8.82. The Balaban J connectivity index is -0.000000107. The summed E-state index contributed by atoms with van der Waals surface area (Å²) in [5, 5.41) is 0. The molecule has 4 N–H and O–H groups in total. The standard InChI is InChI=1S/2Cr.K.4H2O.4O.H/h;;;4*1H2;;;;;/q2*+2;;;;;;;;;;/p-4. The molecule has 0 aromatic carbocycles. The van der Waals surface area contributed by atoms with Crippen LogP contribution in [0.3, 0.4) is 0 Å². The molecule has 0 aromatic heterocycles. The molecule has 0 fully saturated rings. The molecule has 11 heteroatoms. The fourth-order valence-corrected chi connectivity index (χ4v) is 0. The van der Waals surface area contributed by atoms with Crippen LogP contribution in [0.1, 0.15) is 0 Å².